The van der Waals surface area contributed by atoms with E-state index >= 15 is 0 Å². The Kier molecular flexibility index (Phi) is 6.75. The molecule has 0 fully saturated rings. The maximum absolute atomic E-state index is 13.1. The second-order valence-corrected chi connectivity index (χ2v) is 8.61. The normalized spacial score (nSPS) is 18.5. The molecule has 0 spiro atoms. The molecule has 7 heteroatoms. The van der Waals surface area contributed by atoms with E-state index in [9.17, 15) is 14.4 Å². The standard InChI is InChI=1S/C27H28N4O3/c1-18-6-8-19(9-7-18)14-25(33)31-27(22-4-2-3-5-23(22)30-24(27)17-32)15-26(34)29-21-12-10-20(16-28)11-13-21/h2-13,17,24,30H,14-16,28H2,1H3,(H,29,34)(H,31,33). The third-order valence-electron chi connectivity index (χ3n) is 6.15. The quantitative estimate of drug-likeness (QED) is 0.389. The smallest absolute Gasteiger partial charge is 0.227 e. The molecule has 2 amide bonds. The molecule has 174 valence electrons. The number of carbonyl (C=O) groups is 3. The van der Waals surface area contributed by atoms with Gasteiger partial charge < -0.3 is 26.5 Å². The van der Waals surface area contributed by atoms with Crippen LogP contribution in [0.25, 0.3) is 0 Å². The molecule has 0 saturated carbocycles. The number of fused-ring (bicyclic) bond motifs is 1. The summed E-state index contributed by atoms with van der Waals surface area (Å²) in [5, 5.41) is 9.07. The van der Waals surface area contributed by atoms with Crippen molar-refractivity contribution in [3.05, 3.63) is 95.1 Å². The van der Waals surface area contributed by atoms with Crippen molar-refractivity contribution in [3.8, 4) is 0 Å². The number of hydrogen-bond donors (Lipinski definition) is 4. The molecule has 3 aromatic carbocycles. The van der Waals surface area contributed by atoms with Crippen LogP contribution in [0.3, 0.4) is 0 Å². The average molecular weight is 457 g/mol. The number of nitrogens with two attached hydrogens (primary N) is 1. The summed E-state index contributed by atoms with van der Waals surface area (Å²) >= 11 is 0. The Balaban J connectivity index is 1.61. The van der Waals surface area contributed by atoms with Gasteiger partial charge in [-0.25, -0.2) is 0 Å². The third kappa shape index (κ3) is 4.84. The highest BCUT2D eigenvalue weighted by molar-refractivity contribution is 5.94. The van der Waals surface area contributed by atoms with Crippen LogP contribution in [0.15, 0.2) is 72.8 Å². The summed E-state index contributed by atoms with van der Waals surface area (Å²) in [6.07, 6.45) is 0.770. The maximum Gasteiger partial charge on any atom is 0.227 e. The van der Waals surface area contributed by atoms with Gasteiger partial charge in [-0.3, -0.25) is 9.59 Å². The van der Waals surface area contributed by atoms with Crippen molar-refractivity contribution >= 4 is 29.5 Å². The van der Waals surface area contributed by atoms with E-state index in [0.717, 1.165) is 28.7 Å². The summed E-state index contributed by atoms with van der Waals surface area (Å²) in [6, 6.07) is 21.5. The van der Waals surface area contributed by atoms with Crippen LogP contribution in [0.1, 0.15) is 28.7 Å². The first-order valence-electron chi connectivity index (χ1n) is 11.2. The fraction of sp³-hybridized carbons (Fsp3) is 0.222. The van der Waals surface area contributed by atoms with Gasteiger partial charge in [0.05, 0.1) is 12.8 Å². The van der Waals surface area contributed by atoms with Crippen LogP contribution in [0.2, 0.25) is 0 Å². The molecule has 5 N–H and O–H groups in total. The highest BCUT2D eigenvalue weighted by Crippen LogP contribution is 2.41. The van der Waals surface area contributed by atoms with Crippen molar-refractivity contribution in [2.45, 2.75) is 37.9 Å². The minimum absolute atomic E-state index is 0.112. The fourth-order valence-electron chi connectivity index (χ4n) is 4.37. The van der Waals surface area contributed by atoms with Crippen molar-refractivity contribution < 1.29 is 14.4 Å². The highest BCUT2D eigenvalue weighted by atomic mass is 16.2. The molecule has 3 aromatic rings. The van der Waals surface area contributed by atoms with Gasteiger partial charge in [-0.15, -0.1) is 0 Å². The number of amides is 2. The lowest BCUT2D eigenvalue weighted by Gasteiger charge is -2.34. The van der Waals surface area contributed by atoms with Crippen molar-refractivity contribution in [3.63, 3.8) is 0 Å². The first-order chi connectivity index (χ1) is 16.4. The van der Waals surface area contributed by atoms with Gasteiger partial charge in [-0.2, -0.15) is 0 Å². The van der Waals surface area contributed by atoms with E-state index in [1.54, 1.807) is 12.1 Å². The summed E-state index contributed by atoms with van der Waals surface area (Å²) in [4.78, 5) is 38.4. The van der Waals surface area contributed by atoms with Gasteiger partial charge >= 0.3 is 0 Å². The average Bonchev–Trinajstić information content (AvgIpc) is 3.13. The number of aryl methyl sites for hydroxylation is 1. The summed E-state index contributed by atoms with van der Waals surface area (Å²) in [7, 11) is 0. The molecule has 1 aliphatic heterocycles. The maximum atomic E-state index is 13.1. The predicted octanol–water partition coefficient (Wildman–Crippen LogP) is 3.03. The second kappa shape index (κ2) is 9.89. The Morgan fingerprint density at radius 2 is 1.65 bits per heavy atom. The van der Waals surface area contributed by atoms with Crippen LogP contribution in [0, 0.1) is 6.92 Å². The predicted molar refractivity (Wildman–Crippen MR) is 132 cm³/mol. The molecular formula is C27H28N4O3. The summed E-state index contributed by atoms with van der Waals surface area (Å²) in [5.41, 5.74) is 9.37. The molecule has 0 radical (unpaired) electrons. The van der Waals surface area contributed by atoms with Gasteiger partial charge in [0.1, 0.15) is 17.9 Å². The Bertz CT molecular complexity index is 1190. The van der Waals surface area contributed by atoms with E-state index in [1.807, 2.05) is 67.6 Å². The van der Waals surface area contributed by atoms with E-state index in [1.165, 1.54) is 0 Å². The van der Waals surface area contributed by atoms with Crippen LogP contribution in [0.4, 0.5) is 11.4 Å². The van der Waals surface area contributed by atoms with Gasteiger partial charge in [0.25, 0.3) is 0 Å². The third-order valence-corrected chi connectivity index (χ3v) is 6.15. The highest BCUT2D eigenvalue weighted by Gasteiger charge is 2.49. The van der Waals surface area contributed by atoms with Crippen LogP contribution in [0.5, 0.6) is 0 Å². The number of rotatable bonds is 8. The van der Waals surface area contributed by atoms with Crippen LogP contribution in [-0.2, 0) is 32.9 Å². The SMILES string of the molecule is Cc1ccc(CC(=O)NC2(CC(=O)Nc3ccc(CN)cc3)c3ccccc3NC2C=O)cc1. The van der Waals surface area contributed by atoms with E-state index in [-0.39, 0.29) is 24.7 Å². The topological polar surface area (TPSA) is 113 Å². The van der Waals surface area contributed by atoms with Crippen molar-refractivity contribution in [2.75, 3.05) is 10.6 Å². The molecule has 1 aliphatic rings. The van der Waals surface area contributed by atoms with E-state index in [0.29, 0.717) is 17.8 Å². The number of hydrogen-bond acceptors (Lipinski definition) is 5. The lowest BCUT2D eigenvalue weighted by molar-refractivity contribution is -0.124. The van der Waals surface area contributed by atoms with Gasteiger partial charge in [0.15, 0.2) is 0 Å². The number of para-hydroxylation sites is 1. The Morgan fingerprint density at radius 3 is 2.32 bits per heavy atom. The first kappa shape index (κ1) is 23.2. The Labute approximate surface area is 198 Å². The van der Waals surface area contributed by atoms with Crippen LogP contribution < -0.4 is 21.7 Å². The van der Waals surface area contributed by atoms with Crippen LogP contribution in [-0.4, -0.2) is 24.1 Å². The molecule has 4 rings (SSSR count). The minimum atomic E-state index is -1.22. The molecule has 2 atom stereocenters. The molecule has 1 heterocycles. The van der Waals surface area contributed by atoms with Crippen LogP contribution >= 0.6 is 0 Å². The lowest BCUT2D eigenvalue weighted by atomic mass is 9.82. The zero-order chi connectivity index (χ0) is 24.1. The number of carbonyl (C=O) groups excluding carboxylic acids is 3. The lowest BCUT2D eigenvalue weighted by Crippen LogP contribution is -2.56. The second-order valence-electron chi connectivity index (χ2n) is 8.61. The van der Waals surface area contributed by atoms with Crippen molar-refractivity contribution in [2.24, 2.45) is 5.73 Å². The van der Waals surface area contributed by atoms with Crippen molar-refractivity contribution in [1.29, 1.82) is 0 Å². The molecule has 0 aromatic heterocycles. The zero-order valence-corrected chi connectivity index (χ0v) is 19.0. The summed E-state index contributed by atoms with van der Waals surface area (Å²) in [5.74, 6) is -0.587. The largest absolute Gasteiger partial charge is 0.373 e. The Morgan fingerprint density at radius 1 is 0.971 bits per heavy atom. The molecule has 0 aliphatic carbocycles. The summed E-state index contributed by atoms with van der Waals surface area (Å²) < 4.78 is 0. The molecule has 0 saturated heterocycles. The van der Waals surface area contributed by atoms with Gasteiger partial charge in [0, 0.05) is 23.5 Å². The first-order valence-corrected chi connectivity index (χ1v) is 11.2. The molecule has 7 nitrogen and oxygen atoms in total. The number of nitrogens with one attached hydrogen (secondary N) is 3. The van der Waals surface area contributed by atoms with E-state index < -0.39 is 11.6 Å². The molecular weight excluding hydrogens is 428 g/mol. The van der Waals surface area contributed by atoms with E-state index in [4.69, 9.17) is 5.73 Å². The molecule has 34 heavy (non-hydrogen) atoms. The van der Waals surface area contributed by atoms with Gasteiger partial charge in [-0.05, 0) is 36.2 Å². The molecule has 2 unspecified atom stereocenters. The number of benzene rings is 3. The van der Waals surface area contributed by atoms with E-state index in [2.05, 4.69) is 16.0 Å². The van der Waals surface area contributed by atoms with Gasteiger partial charge in [-0.1, -0.05) is 60.2 Å². The fourth-order valence-corrected chi connectivity index (χ4v) is 4.37. The van der Waals surface area contributed by atoms with Gasteiger partial charge in [0.2, 0.25) is 11.8 Å². The summed E-state index contributed by atoms with van der Waals surface area (Å²) in [6.45, 7) is 2.39. The van der Waals surface area contributed by atoms with Crippen molar-refractivity contribution in [1.82, 2.24) is 5.32 Å². The Hall–Kier alpha value is -3.97. The number of anilines is 2. The monoisotopic (exact) mass is 456 g/mol. The number of aldehydes is 1. The molecule has 0 bridgehead atoms. The zero-order valence-electron chi connectivity index (χ0n) is 19.0. The minimum Gasteiger partial charge on any atom is -0.373 e.